The molecule has 2 rings (SSSR count). The molecule has 0 radical (unpaired) electrons. The topological polar surface area (TPSA) is 74.0 Å². The highest BCUT2D eigenvalue weighted by Crippen LogP contribution is 2.10. The first-order valence-corrected chi connectivity index (χ1v) is 6.34. The molecule has 0 unspecified atom stereocenters. The molecule has 1 aromatic heterocycles. The third kappa shape index (κ3) is 3.33. The van der Waals surface area contributed by atoms with E-state index in [1.165, 1.54) is 12.3 Å². The molecular formula is C15H17N3O2. The van der Waals surface area contributed by atoms with Gasteiger partial charge in [0.1, 0.15) is 5.56 Å². The standard InChI is InChI=1S/C15H17N3O2/c1-10-7-14(19)13(9-17-10)15(20)18-12-5-3-11(4-6-12)8-16-2/h3-7,9,16H,8H2,1-2H3,(H,17,19)(H,18,20). The lowest BCUT2D eigenvalue weighted by molar-refractivity contribution is 0.102. The number of aromatic nitrogens is 1. The molecule has 1 amide bonds. The highest BCUT2D eigenvalue weighted by molar-refractivity contribution is 6.03. The minimum Gasteiger partial charge on any atom is -0.364 e. The van der Waals surface area contributed by atoms with E-state index in [0.717, 1.165) is 17.8 Å². The molecule has 20 heavy (non-hydrogen) atoms. The van der Waals surface area contributed by atoms with Crippen LogP contribution in [0.2, 0.25) is 0 Å². The third-order valence-corrected chi connectivity index (χ3v) is 2.89. The minimum atomic E-state index is -0.410. The van der Waals surface area contributed by atoms with Gasteiger partial charge in [-0.2, -0.15) is 0 Å². The largest absolute Gasteiger partial charge is 0.364 e. The molecule has 3 N–H and O–H groups in total. The summed E-state index contributed by atoms with van der Waals surface area (Å²) in [6.07, 6.45) is 1.43. The number of carbonyl (C=O) groups excluding carboxylic acids is 1. The molecule has 0 aliphatic carbocycles. The van der Waals surface area contributed by atoms with Gasteiger partial charge in [-0.05, 0) is 31.7 Å². The Kier molecular flexibility index (Phi) is 4.32. The summed E-state index contributed by atoms with van der Waals surface area (Å²) in [6.45, 7) is 2.54. The number of H-pyrrole nitrogens is 1. The molecular weight excluding hydrogens is 254 g/mol. The predicted molar refractivity (Wildman–Crippen MR) is 79.0 cm³/mol. The van der Waals surface area contributed by atoms with Gasteiger partial charge >= 0.3 is 0 Å². The number of aryl methyl sites for hydroxylation is 1. The molecule has 0 bridgehead atoms. The Bertz CT molecular complexity index is 660. The number of nitrogens with one attached hydrogen (secondary N) is 3. The second-order valence-electron chi connectivity index (χ2n) is 4.58. The lowest BCUT2D eigenvalue weighted by Gasteiger charge is -2.06. The number of aromatic amines is 1. The van der Waals surface area contributed by atoms with Crippen LogP contribution in [0.4, 0.5) is 5.69 Å². The van der Waals surface area contributed by atoms with Gasteiger partial charge in [-0.1, -0.05) is 12.1 Å². The van der Waals surface area contributed by atoms with Gasteiger partial charge in [0.05, 0.1) is 0 Å². The SMILES string of the molecule is CNCc1ccc(NC(=O)c2c[nH]c(C)cc2=O)cc1. The second kappa shape index (κ2) is 6.16. The fourth-order valence-electron chi connectivity index (χ4n) is 1.86. The van der Waals surface area contributed by atoms with Crippen molar-refractivity contribution < 1.29 is 4.79 Å². The number of carbonyl (C=O) groups is 1. The monoisotopic (exact) mass is 271 g/mol. The Morgan fingerprint density at radius 1 is 1.25 bits per heavy atom. The van der Waals surface area contributed by atoms with Crippen molar-refractivity contribution in [1.29, 1.82) is 0 Å². The summed E-state index contributed by atoms with van der Waals surface area (Å²) in [6, 6.07) is 8.88. The normalized spacial score (nSPS) is 10.3. The van der Waals surface area contributed by atoms with Crippen LogP contribution < -0.4 is 16.1 Å². The number of benzene rings is 1. The lowest BCUT2D eigenvalue weighted by atomic mass is 10.2. The van der Waals surface area contributed by atoms with E-state index >= 15 is 0 Å². The summed E-state index contributed by atoms with van der Waals surface area (Å²) in [4.78, 5) is 26.6. The van der Waals surface area contributed by atoms with E-state index < -0.39 is 5.91 Å². The van der Waals surface area contributed by atoms with Gasteiger partial charge in [-0.3, -0.25) is 9.59 Å². The van der Waals surface area contributed by atoms with Gasteiger partial charge in [0.15, 0.2) is 5.43 Å². The summed E-state index contributed by atoms with van der Waals surface area (Å²) in [5.74, 6) is -0.410. The molecule has 2 aromatic rings. The van der Waals surface area contributed by atoms with Crippen LogP contribution in [-0.4, -0.2) is 17.9 Å². The van der Waals surface area contributed by atoms with Crippen LogP contribution in [0.15, 0.2) is 41.3 Å². The molecule has 1 heterocycles. The maximum Gasteiger partial charge on any atom is 0.261 e. The van der Waals surface area contributed by atoms with Crippen molar-refractivity contribution in [2.45, 2.75) is 13.5 Å². The van der Waals surface area contributed by atoms with E-state index in [9.17, 15) is 9.59 Å². The number of rotatable bonds is 4. The summed E-state index contributed by atoms with van der Waals surface area (Å²) in [5.41, 5.74) is 2.33. The van der Waals surface area contributed by atoms with Gasteiger partial charge in [0, 0.05) is 30.2 Å². The van der Waals surface area contributed by atoms with Gasteiger partial charge in [-0.15, -0.1) is 0 Å². The number of pyridine rings is 1. The van der Waals surface area contributed by atoms with Crippen LogP contribution in [-0.2, 0) is 6.54 Å². The Morgan fingerprint density at radius 3 is 2.55 bits per heavy atom. The highest BCUT2D eigenvalue weighted by atomic mass is 16.2. The molecule has 1 aromatic carbocycles. The average Bonchev–Trinajstić information content (AvgIpc) is 2.41. The third-order valence-electron chi connectivity index (χ3n) is 2.89. The zero-order valence-corrected chi connectivity index (χ0v) is 11.5. The Balaban J connectivity index is 2.13. The first kappa shape index (κ1) is 14.0. The van der Waals surface area contributed by atoms with E-state index in [0.29, 0.717) is 5.69 Å². The van der Waals surface area contributed by atoms with E-state index in [-0.39, 0.29) is 11.0 Å². The van der Waals surface area contributed by atoms with Crippen molar-refractivity contribution in [3.8, 4) is 0 Å². The Labute approximate surface area is 117 Å². The molecule has 0 spiro atoms. The van der Waals surface area contributed by atoms with E-state index in [2.05, 4.69) is 15.6 Å². The fourth-order valence-corrected chi connectivity index (χ4v) is 1.86. The van der Waals surface area contributed by atoms with Gasteiger partial charge in [-0.25, -0.2) is 0 Å². The zero-order valence-electron chi connectivity index (χ0n) is 11.5. The van der Waals surface area contributed by atoms with Gasteiger partial charge in [0.2, 0.25) is 0 Å². The maximum atomic E-state index is 12.0. The molecule has 0 saturated carbocycles. The van der Waals surface area contributed by atoms with E-state index in [4.69, 9.17) is 0 Å². The maximum absolute atomic E-state index is 12.0. The summed E-state index contributed by atoms with van der Waals surface area (Å²) in [7, 11) is 1.87. The van der Waals surface area contributed by atoms with Gasteiger partial charge < -0.3 is 15.6 Å². The van der Waals surface area contributed by atoms with Crippen molar-refractivity contribution in [2.75, 3.05) is 12.4 Å². The van der Waals surface area contributed by atoms with Crippen LogP contribution in [0.5, 0.6) is 0 Å². The Hall–Kier alpha value is -2.40. The Morgan fingerprint density at radius 2 is 1.95 bits per heavy atom. The summed E-state index contributed by atoms with van der Waals surface area (Å²) < 4.78 is 0. The lowest BCUT2D eigenvalue weighted by Crippen LogP contribution is -2.21. The van der Waals surface area contributed by atoms with E-state index in [1.807, 2.05) is 31.3 Å². The molecule has 5 heteroatoms. The fraction of sp³-hybridized carbons (Fsp3) is 0.200. The second-order valence-corrected chi connectivity index (χ2v) is 4.58. The average molecular weight is 271 g/mol. The molecule has 0 aliphatic rings. The molecule has 0 fully saturated rings. The van der Waals surface area contributed by atoms with E-state index in [1.54, 1.807) is 6.92 Å². The van der Waals surface area contributed by atoms with Crippen LogP contribution in [0.3, 0.4) is 0 Å². The highest BCUT2D eigenvalue weighted by Gasteiger charge is 2.10. The summed E-state index contributed by atoms with van der Waals surface area (Å²) >= 11 is 0. The van der Waals surface area contributed by atoms with Crippen molar-refractivity contribution in [1.82, 2.24) is 10.3 Å². The predicted octanol–water partition coefficient (Wildman–Crippen LogP) is 1.66. The van der Waals surface area contributed by atoms with Crippen molar-refractivity contribution in [3.63, 3.8) is 0 Å². The molecule has 0 saturated heterocycles. The summed E-state index contributed by atoms with van der Waals surface area (Å²) in [5, 5.41) is 5.76. The van der Waals surface area contributed by atoms with Crippen LogP contribution in [0.1, 0.15) is 21.6 Å². The quantitative estimate of drug-likeness (QED) is 0.791. The molecule has 0 atom stereocenters. The number of hydrogen-bond donors (Lipinski definition) is 3. The number of hydrogen-bond acceptors (Lipinski definition) is 3. The van der Waals surface area contributed by atoms with Gasteiger partial charge in [0.25, 0.3) is 5.91 Å². The minimum absolute atomic E-state index is 0.106. The van der Waals surface area contributed by atoms with Crippen molar-refractivity contribution >= 4 is 11.6 Å². The smallest absolute Gasteiger partial charge is 0.261 e. The molecule has 104 valence electrons. The zero-order chi connectivity index (χ0) is 14.5. The number of amides is 1. The van der Waals surface area contributed by atoms with Crippen LogP contribution in [0, 0.1) is 6.92 Å². The first-order chi connectivity index (χ1) is 9.60. The van der Waals surface area contributed by atoms with Crippen LogP contribution >= 0.6 is 0 Å². The number of anilines is 1. The van der Waals surface area contributed by atoms with Crippen molar-refractivity contribution in [2.24, 2.45) is 0 Å². The first-order valence-electron chi connectivity index (χ1n) is 6.34. The molecule has 5 nitrogen and oxygen atoms in total. The van der Waals surface area contributed by atoms with Crippen molar-refractivity contribution in [3.05, 3.63) is 63.6 Å². The van der Waals surface area contributed by atoms with Crippen LogP contribution in [0.25, 0.3) is 0 Å². The molecule has 0 aliphatic heterocycles.